The van der Waals surface area contributed by atoms with Crippen molar-refractivity contribution in [1.29, 1.82) is 0 Å². The molecule has 8 bridgehead atoms. The highest BCUT2D eigenvalue weighted by Gasteiger charge is 2.12. The van der Waals surface area contributed by atoms with Crippen molar-refractivity contribution < 1.29 is 0 Å². The maximum absolute atomic E-state index is 4.81. The summed E-state index contributed by atoms with van der Waals surface area (Å²) in [4.78, 5) is 16.7. The second kappa shape index (κ2) is 7.50. The first-order valence-corrected chi connectivity index (χ1v) is 10.9. The zero-order valence-corrected chi connectivity index (χ0v) is 17.8. The molecule has 0 saturated carbocycles. The number of benzene rings is 1. The molecule has 1 aromatic carbocycles. The molecular formula is C28H22N4. The fourth-order valence-corrected chi connectivity index (χ4v) is 4.44. The summed E-state index contributed by atoms with van der Waals surface area (Å²) >= 11 is 0. The summed E-state index contributed by atoms with van der Waals surface area (Å²) in [6.07, 6.45) is 9.07. The van der Waals surface area contributed by atoms with Gasteiger partial charge in [-0.25, -0.2) is 9.97 Å². The molecule has 6 rings (SSSR count). The summed E-state index contributed by atoms with van der Waals surface area (Å²) in [7, 11) is 0. The Morgan fingerprint density at radius 3 is 1.94 bits per heavy atom. The molecular weight excluding hydrogens is 392 g/mol. The van der Waals surface area contributed by atoms with Crippen LogP contribution in [0, 0.1) is 0 Å². The summed E-state index contributed by atoms with van der Waals surface area (Å²) in [6.45, 7) is 2.21. The van der Waals surface area contributed by atoms with Crippen LogP contribution >= 0.6 is 0 Å². The fourth-order valence-electron chi connectivity index (χ4n) is 4.44. The molecule has 4 aromatic rings. The number of H-pyrrole nitrogens is 2. The average molecular weight is 415 g/mol. The van der Waals surface area contributed by atoms with E-state index in [9.17, 15) is 0 Å². The van der Waals surface area contributed by atoms with Crippen molar-refractivity contribution in [3.8, 4) is 11.1 Å². The van der Waals surface area contributed by atoms with Gasteiger partial charge in [-0.15, -0.1) is 0 Å². The second-order valence-electron chi connectivity index (χ2n) is 8.06. The van der Waals surface area contributed by atoms with Gasteiger partial charge in [0.1, 0.15) is 0 Å². The van der Waals surface area contributed by atoms with E-state index in [-0.39, 0.29) is 0 Å². The van der Waals surface area contributed by atoms with Crippen LogP contribution in [0.1, 0.15) is 35.3 Å². The Kier molecular flexibility index (Phi) is 4.36. The highest BCUT2D eigenvalue weighted by atomic mass is 14.8. The minimum Gasteiger partial charge on any atom is -0.355 e. The Morgan fingerprint density at radius 1 is 0.625 bits per heavy atom. The molecule has 2 aliphatic heterocycles. The summed E-state index contributed by atoms with van der Waals surface area (Å²) in [5.74, 6) is 0. The fraction of sp³-hybridized carbons (Fsp3) is 0.0714. The molecule has 0 saturated heterocycles. The van der Waals surface area contributed by atoms with E-state index >= 15 is 0 Å². The van der Waals surface area contributed by atoms with Gasteiger partial charge in [-0.05, 0) is 78.3 Å². The first-order valence-electron chi connectivity index (χ1n) is 10.9. The minimum atomic E-state index is 0.908. The predicted molar refractivity (Wildman–Crippen MR) is 134 cm³/mol. The van der Waals surface area contributed by atoms with Gasteiger partial charge in [0.05, 0.1) is 22.8 Å². The lowest BCUT2D eigenvalue weighted by Crippen LogP contribution is -1.83. The molecule has 0 amide bonds. The van der Waals surface area contributed by atoms with Crippen LogP contribution in [0.2, 0.25) is 0 Å². The number of hydrogen-bond donors (Lipinski definition) is 2. The van der Waals surface area contributed by atoms with Crippen molar-refractivity contribution in [2.75, 3.05) is 0 Å². The van der Waals surface area contributed by atoms with E-state index in [0.29, 0.717) is 0 Å². The maximum Gasteiger partial charge on any atom is 0.0659 e. The van der Waals surface area contributed by atoms with E-state index in [0.717, 1.165) is 51.3 Å². The molecule has 4 nitrogen and oxygen atoms in total. The maximum atomic E-state index is 4.81. The third-order valence-electron chi connectivity index (χ3n) is 5.87. The Balaban J connectivity index is 1.74. The van der Waals surface area contributed by atoms with E-state index in [2.05, 4.69) is 83.6 Å². The van der Waals surface area contributed by atoms with E-state index < -0.39 is 0 Å². The SMILES string of the molecule is CCc1c(-c2ccccc2)c2cc3nc(cc4nc(cc5ccc(cc1[nH]2)[nH]5)C=C4)C=C3. The standard InChI is InChI=1S/C28H22N4/c1-2-25-26-16-23-12-10-21(30-23)14-19-8-9-20(29-19)15-22-11-13-24(31-22)17-27(32-26)28(25)18-6-4-3-5-7-18/h3-17,30,32H,2H2,1H3. The van der Waals surface area contributed by atoms with Crippen LogP contribution in [0.5, 0.6) is 0 Å². The van der Waals surface area contributed by atoms with Crippen molar-refractivity contribution in [3.63, 3.8) is 0 Å². The zero-order valence-electron chi connectivity index (χ0n) is 17.8. The lowest BCUT2D eigenvalue weighted by atomic mass is 10.00. The van der Waals surface area contributed by atoms with Gasteiger partial charge in [0.15, 0.2) is 0 Å². The van der Waals surface area contributed by atoms with E-state index in [1.54, 1.807) is 0 Å². The van der Waals surface area contributed by atoms with E-state index in [4.69, 9.17) is 9.97 Å². The molecule has 0 spiro atoms. The molecule has 0 atom stereocenters. The molecule has 0 aliphatic carbocycles. The van der Waals surface area contributed by atoms with Gasteiger partial charge in [-0.2, -0.15) is 0 Å². The number of aryl methyl sites for hydroxylation is 1. The van der Waals surface area contributed by atoms with Crippen molar-refractivity contribution in [2.24, 2.45) is 0 Å². The summed E-state index contributed by atoms with van der Waals surface area (Å²) in [5.41, 5.74) is 11.7. The molecule has 0 fully saturated rings. The van der Waals surface area contributed by atoms with E-state index in [1.807, 2.05) is 24.3 Å². The molecule has 0 radical (unpaired) electrons. The van der Waals surface area contributed by atoms with Crippen molar-refractivity contribution >= 4 is 46.4 Å². The predicted octanol–water partition coefficient (Wildman–Crippen LogP) is 6.89. The Hall–Kier alpha value is -4.18. The number of nitrogens with one attached hydrogen (secondary N) is 2. The molecule has 0 unspecified atom stereocenters. The average Bonchev–Trinajstić information content (AvgIpc) is 3.58. The van der Waals surface area contributed by atoms with Gasteiger partial charge in [-0.3, -0.25) is 0 Å². The van der Waals surface area contributed by atoms with Crippen LogP contribution in [0.25, 0.3) is 57.5 Å². The molecule has 2 aliphatic rings. The normalized spacial score (nSPS) is 12.4. The van der Waals surface area contributed by atoms with Crippen LogP contribution in [0.15, 0.2) is 66.7 Å². The van der Waals surface area contributed by atoms with Gasteiger partial charge >= 0.3 is 0 Å². The van der Waals surface area contributed by atoms with Gasteiger partial charge in [0, 0.05) is 27.6 Å². The summed E-state index contributed by atoms with van der Waals surface area (Å²) in [5, 5.41) is 0. The third-order valence-corrected chi connectivity index (χ3v) is 5.87. The van der Waals surface area contributed by atoms with Crippen molar-refractivity contribution in [1.82, 2.24) is 19.9 Å². The number of aromatic amines is 2. The van der Waals surface area contributed by atoms with Gasteiger partial charge in [0.2, 0.25) is 0 Å². The van der Waals surface area contributed by atoms with Crippen LogP contribution in [-0.4, -0.2) is 19.9 Å². The monoisotopic (exact) mass is 414 g/mol. The number of nitrogens with zero attached hydrogens (tertiary/aromatic N) is 2. The van der Waals surface area contributed by atoms with Gasteiger partial charge in [0.25, 0.3) is 0 Å². The van der Waals surface area contributed by atoms with Crippen LogP contribution in [0.4, 0.5) is 0 Å². The van der Waals surface area contributed by atoms with E-state index in [1.165, 1.54) is 16.7 Å². The molecule has 4 heteroatoms. The topological polar surface area (TPSA) is 57.4 Å². The Bertz CT molecular complexity index is 1550. The smallest absolute Gasteiger partial charge is 0.0659 e. The van der Waals surface area contributed by atoms with Crippen LogP contribution < -0.4 is 0 Å². The summed E-state index contributed by atoms with van der Waals surface area (Å²) < 4.78 is 0. The summed E-state index contributed by atoms with van der Waals surface area (Å²) in [6, 6.07) is 23.2. The number of rotatable bonds is 2. The molecule has 32 heavy (non-hydrogen) atoms. The number of fused-ring (bicyclic) bond motifs is 8. The van der Waals surface area contributed by atoms with Gasteiger partial charge in [-0.1, -0.05) is 37.3 Å². The first-order chi connectivity index (χ1) is 15.7. The Morgan fingerprint density at radius 2 is 1.25 bits per heavy atom. The van der Waals surface area contributed by atoms with Crippen molar-refractivity contribution in [2.45, 2.75) is 13.3 Å². The Labute approximate surface area is 186 Å². The van der Waals surface area contributed by atoms with Crippen molar-refractivity contribution in [3.05, 3.63) is 95.1 Å². The lowest BCUT2D eigenvalue weighted by molar-refractivity contribution is 1.17. The second-order valence-corrected chi connectivity index (χ2v) is 8.06. The zero-order chi connectivity index (χ0) is 21.5. The molecule has 5 heterocycles. The molecule has 3 aromatic heterocycles. The minimum absolute atomic E-state index is 0.908. The number of aromatic nitrogens is 4. The molecule has 154 valence electrons. The quantitative estimate of drug-likeness (QED) is 0.324. The van der Waals surface area contributed by atoms with Crippen LogP contribution in [0.3, 0.4) is 0 Å². The van der Waals surface area contributed by atoms with Gasteiger partial charge < -0.3 is 9.97 Å². The highest BCUT2D eigenvalue weighted by Crippen LogP contribution is 2.33. The third kappa shape index (κ3) is 3.36. The lowest BCUT2D eigenvalue weighted by Gasteiger charge is -2.03. The molecule has 2 N–H and O–H groups in total. The first kappa shape index (κ1) is 18.6. The highest BCUT2D eigenvalue weighted by molar-refractivity contribution is 5.91. The largest absolute Gasteiger partial charge is 0.355 e. The number of hydrogen-bond acceptors (Lipinski definition) is 2. The van der Waals surface area contributed by atoms with Crippen LogP contribution in [-0.2, 0) is 6.42 Å².